The summed E-state index contributed by atoms with van der Waals surface area (Å²) in [5.74, 6) is 0. The van der Waals surface area contributed by atoms with Gasteiger partial charge in [-0.25, -0.2) is 0 Å². The van der Waals surface area contributed by atoms with Crippen LogP contribution >= 0.6 is 0 Å². The fourth-order valence-corrected chi connectivity index (χ4v) is 4.03. The van der Waals surface area contributed by atoms with Crippen LogP contribution in [0.5, 0.6) is 0 Å². The zero-order valence-corrected chi connectivity index (χ0v) is 16.3. The van der Waals surface area contributed by atoms with Crippen molar-refractivity contribution in [3.05, 3.63) is 59.7 Å². The van der Waals surface area contributed by atoms with Gasteiger partial charge in [-0.05, 0) is 60.7 Å². The van der Waals surface area contributed by atoms with Crippen molar-refractivity contribution in [3.63, 3.8) is 0 Å². The summed E-state index contributed by atoms with van der Waals surface area (Å²) in [6, 6.07) is 18.7. The van der Waals surface area contributed by atoms with Gasteiger partial charge in [0.1, 0.15) is 0 Å². The lowest BCUT2D eigenvalue weighted by atomic mass is 9.77. The Morgan fingerprint density at radius 2 is 1.24 bits per heavy atom. The quantitative estimate of drug-likeness (QED) is 0.333. The maximum absolute atomic E-state index is 2.39. The van der Waals surface area contributed by atoms with Crippen molar-refractivity contribution in [2.45, 2.75) is 58.8 Å². The summed E-state index contributed by atoms with van der Waals surface area (Å²) < 4.78 is 0. The van der Waals surface area contributed by atoms with Crippen molar-refractivity contribution in [2.24, 2.45) is 0 Å². The minimum Gasteiger partial charge on any atom is -0.0646 e. The van der Waals surface area contributed by atoms with Crippen LogP contribution in [0, 0.1) is 0 Å². The predicted molar refractivity (Wildman–Crippen MR) is 112 cm³/mol. The standard InChI is InChI=1S/C25H28/c1-7-25(5,6)21-13-11-16-8-9-17-14-19(24(2,3)4)15-18-10-12-20(21)23(16)22(17)18/h8-15H,7H2,1-6H3. The third kappa shape index (κ3) is 2.42. The Hall–Kier alpha value is -2.08. The minimum absolute atomic E-state index is 0.166. The van der Waals surface area contributed by atoms with E-state index in [4.69, 9.17) is 0 Å². The molecule has 0 aliphatic heterocycles. The van der Waals surface area contributed by atoms with Crippen LogP contribution in [0.1, 0.15) is 59.1 Å². The van der Waals surface area contributed by atoms with Gasteiger partial charge in [-0.3, -0.25) is 0 Å². The highest BCUT2D eigenvalue weighted by Crippen LogP contribution is 2.41. The molecular weight excluding hydrogens is 300 g/mol. The van der Waals surface area contributed by atoms with Crippen LogP contribution in [0.25, 0.3) is 32.3 Å². The lowest BCUT2D eigenvalue weighted by Gasteiger charge is -2.27. The smallest absolute Gasteiger partial charge is 0.00238 e. The maximum atomic E-state index is 2.39. The van der Waals surface area contributed by atoms with E-state index in [2.05, 4.69) is 90.1 Å². The van der Waals surface area contributed by atoms with E-state index < -0.39 is 0 Å². The molecule has 4 aromatic carbocycles. The lowest BCUT2D eigenvalue weighted by Crippen LogP contribution is -2.16. The number of hydrogen-bond acceptors (Lipinski definition) is 0. The van der Waals surface area contributed by atoms with Gasteiger partial charge in [-0.1, -0.05) is 90.1 Å². The van der Waals surface area contributed by atoms with Crippen molar-refractivity contribution < 1.29 is 0 Å². The Morgan fingerprint density at radius 1 is 0.680 bits per heavy atom. The molecule has 4 rings (SSSR count). The van der Waals surface area contributed by atoms with E-state index in [0.29, 0.717) is 0 Å². The highest BCUT2D eigenvalue weighted by Gasteiger charge is 2.23. The van der Waals surface area contributed by atoms with Crippen molar-refractivity contribution in [1.82, 2.24) is 0 Å². The van der Waals surface area contributed by atoms with Crippen LogP contribution in [-0.2, 0) is 10.8 Å². The van der Waals surface area contributed by atoms with Crippen molar-refractivity contribution in [2.75, 3.05) is 0 Å². The van der Waals surface area contributed by atoms with Gasteiger partial charge in [-0.2, -0.15) is 0 Å². The van der Waals surface area contributed by atoms with Crippen molar-refractivity contribution >= 4 is 32.3 Å². The van der Waals surface area contributed by atoms with Crippen LogP contribution in [0.2, 0.25) is 0 Å². The average molecular weight is 328 g/mol. The summed E-state index contributed by atoms with van der Waals surface area (Å²) >= 11 is 0. The van der Waals surface area contributed by atoms with E-state index in [9.17, 15) is 0 Å². The normalized spacial score (nSPS) is 13.4. The molecule has 0 nitrogen and oxygen atoms in total. The lowest BCUT2D eigenvalue weighted by molar-refractivity contribution is 0.511. The summed E-state index contributed by atoms with van der Waals surface area (Å²) in [5, 5.41) is 8.38. The fraction of sp³-hybridized carbons (Fsp3) is 0.360. The zero-order valence-electron chi connectivity index (χ0n) is 16.3. The Kier molecular flexibility index (Phi) is 3.41. The molecule has 128 valence electrons. The van der Waals surface area contributed by atoms with Gasteiger partial charge in [0.05, 0.1) is 0 Å². The topological polar surface area (TPSA) is 0 Å². The Balaban J connectivity index is 2.16. The summed E-state index contributed by atoms with van der Waals surface area (Å²) in [5.41, 5.74) is 3.24. The summed E-state index contributed by atoms with van der Waals surface area (Å²) in [6.07, 6.45) is 1.14. The van der Waals surface area contributed by atoms with Crippen LogP contribution in [0.3, 0.4) is 0 Å². The molecule has 0 N–H and O–H groups in total. The molecular formula is C25H28. The van der Waals surface area contributed by atoms with Gasteiger partial charge in [0.25, 0.3) is 0 Å². The molecule has 0 unspecified atom stereocenters. The molecule has 0 radical (unpaired) electrons. The first-order chi connectivity index (χ1) is 11.7. The Morgan fingerprint density at radius 3 is 1.84 bits per heavy atom. The van der Waals surface area contributed by atoms with E-state index in [-0.39, 0.29) is 10.8 Å². The molecule has 0 aromatic heterocycles. The van der Waals surface area contributed by atoms with Gasteiger partial charge in [0.2, 0.25) is 0 Å². The third-order valence-electron chi connectivity index (χ3n) is 6.08. The molecule has 25 heavy (non-hydrogen) atoms. The number of hydrogen-bond donors (Lipinski definition) is 0. The van der Waals surface area contributed by atoms with E-state index in [1.54, 1.807) is 0 Å². The van der Waals surface area contributed by atoms with Gasteiger partial charge in [0.15, 0.2) is 0 Å². The summed E-state index contributed by atoms with van der Waals surface area (Å²) in [7, 11) is 0. The summed E-state index contributed by atoms with van der Waals surface area (Å²) in [6.45, 7) is 13.9. The van der Waals surface area contributed by atoms with E-state index in [1.807, 2.05) is 0 Å². The molecule has 0 amide bonds. The van der Waals surface area contributed by atoms with Crippen molar-refractivity contribution in [1.29, 1.82) is 0 Å². The fourth-order valence-electron chi connectivity index (χ4n) is 4.03. The molecule has 0 heteroatoms. The van der Waals surface area contributed by atoms with Crippen LogP contribution < -0.4 is 0 Å². The Bertz CT molecular complexity index is 1060. The molecule has 0 saturated carbocycles. The third-order valence-corrected chi connectivity index (χ3v) is 6.08. The summed E-state index contributed by atoms with van der Waals surface area (Å²) in [4.78, 5) is 0. The molecule has 0 bridgehead atoms. The second-order valence-electron chi connectivity index (χ2n) is 9.17. The van der Waals surface area contributed by atoms with E-state index >= 15 is 0 Å². The van der Waals surface area contributed by atoms with Crippen LogP contribution in [0.4, 0.5) is 0 Å². The SMILES string of the molecule is CCC(C)(C)c1ccc2ccc3cc(C(C)(C)C)cc4ccc1c2c34. The second-order valence-corrected chi connectivity index (χ2v) is 9.17. The molecule has 0 aliphatic rings. The van der Waals surface area contributed by atoms with Gasteiger partial charge in [0, 0.05) is 0 Å². The highest BCUT2D eigenvalue weighted by molar-refractivity contribution is 6.23. The second kappa shape index (κ2) is 5.21. The first kappa shape index (κ1) is 16.4. The number of benzene rings is 4. The highest BCUT2D eigenvalue weighted by atomic mass is 14.3. The maximum Gasteiger partial charge on any atom is -0.00238 e. The molecule has 0 spiro atoms. The molecule has 0 heterocycles. The van der Waals surface area contributed by atoms with Gasteiger partial charge in [-0.15, -0.1) is 0 Å². The molecule has 0 fully saturated rings. The molecule has 0 aliphatic carbocycles. The minimum atomic E-state index is 0.166. The predicted octanol–water partition coefficient (Wildman–Crippen LogP) is 7.57. The molecule has 0 atom stereocenters. The van der Waals surface area contributed by atoms with E-state index in [1.165, 1.54) is 43.4 Å². The van der Waals surface area contributed by atoms with Gasteiger partial charge >= 0.3 is 0 Å². The van der Waals surface area contributed by atoms with Gasteiger partial charge < -0.3 is 0 Å². The average Bonchev–Trinajstić information content (AvgIpc) is 2.58. The first-order valence-electron chi connectivity index (χ1n) is 9.45. The number of rotatable bonds is 2. The van der Waals surface area contributed by atoms with Crippen molar-refractivity contribution in [3.8, 4) is 0 Å². The first-order valence-corrected chi connectivity index (χ1v) is 9.45. The molecule has 4 aromatic rings. The largest absolute Gasteiger partial charge is 0.0646 e. The zero-order chi connectivity index (χ0) is 18.0. The molecule has 0 saturated heterocycles. The van der Waals surface area contributed by atoms with E-state index in [0.717, 1.165) is 6.42 Å². The van der Waals surface area contributed by atoms with Crippen LogP contribution in [-0.4, -0.2) is 0 Å². The van der Waals surface area contributed by atoms with Crippen LogP contribution in [0.15, 0.2) is 48.5 Å². The Labute approximate surface area is 151 Å². The monoisotopic (exact) mass is 328 g/mol.